The summed E-state index contributed by atoms with van der Waals surface area (Å²) in [5, 5.41) is 1.18. The van der Waals surface area contributed by atoms with Crippen LogP contribution >= 0.6 is 0 Å². The van der Waals surface area contributed by atoms with Crippen molar-refractivity contribution in [3.05, 3.63) is 78.5 Å². The minimum Gasteiger partial charge on any atom is -1.00 e. The molecule has 0 spiro atoms. The van der Waals surface area contributed by atoms with E-state index in [0.717, 1.165) is 23.3 Å². The molecule has 28 heavy (non-hydrogen) atoms. The van der Waals surface area contributed by atoms with Gasteiger partial charge in [-0.15, -0.1) is 0 Å². The maximum atomic E-state index is 11.2. The van der Waals surface area contributed by atoms with Gasteiger partial charge in [0.25, 0.3) is 0 Å². The van der Waals surface area contributed by atoms with Gasteiger partial charge in [0, 0.05) is 30.5 Å². The van der Waals surface area contributed by atoms with Crippen LogP contribution in [0.1, 0.15) is 18.2 Å². The molecule has 0 aliphatic rings. The van der Waals surface area contributed by atoms with Gasteiger partial charge in [0.05, 0.1) is 7.11 Å². The Kier molecular flexibility index (Phi) is 7.52. The monoisotopic (exact) mass is 439 g/mol. The highest BCUT2D eigenvalue weighted by Crippen LogP contribution is 2.29. The average molecular weight is 440 g/mol. The molecular weight excluding hydrogens is 418 g/mol. The van der Waals surface area contributed by atoms with Crippen molar-refractivity contribution in [1.82, 2.24) is 0 Å². The molecule has 0 amide bonds. The van der Waals surface area contributed by atoms with Crippen molar-refractivity contribution < 1.29 is 35.8 Å². The highest BCUT2D eigenvalue weighted by Gasteiger charge is 2.12. The number of hydrogen-bond donors (Lipinski definition) is 0. The normalized spacial score (nSPS) is 10.5. The summed E-state index contributed by atoms with van der Waals surface area (Å²) in [6.07, 6.45) is 5.95. The SMILES string of the molecule is C=CC[n+]1c(C=Cc2ccc(OC(C)=O)c(OC)c2)ccc2ccccc21.[Br-]. The van der Waals surface area contributed by atoms with E-state index in [0.29, 0.717) is 11.5 Å². The number of carbonyl (C=O) groups excluding carboxylic acids is 1. The Morgan fingerprint density at radius 1 is 1.07 bits per heavy atom. The topological polar surface area (TPSA) is 39.4 Å². The largest absolute Gasteiger partial charge is 1.00 e. The lowest BCUT2D eigenvalue weighted by Gasteiger charge is -2.08. The van der Waals surface area contributed by atoms with Crippen LogP contribution in [0.4, 0.5) is 0 Å². The van der Waals surface area contributed by atoms with Gasteiger partial charge < -0.3 is 26.5 Å². The summed E-state index contributed by atoms with van der Waals surface area (Å²) in [5.74, 6) is 0.553. The maximum absolute atomic E-state index is 11.2. The Hall–Kier alpha value is -2.92. The standard InChI is InChI=1S/C23H22NO3.BrH/c1-4-15-24-20(13-11-19-7-5-6-8-21(19)24)12-9-18-10-14-22(27-17(2)25)23(16-18)26-3;/h4-14,16H,1,15H2,2-3H3;1H/q+1;/p-1. The Morgan fingerprint density at radius 3 is 2.57 bits per heavy atom. The quantitative estimate of drug-likeness (QED) is 0.252. The van der Waals surface area contributed by atoms with Gasteiger partial charge in [-0.25, -0.2) is 0 Å². The van der Waals surface area contributed by atoms with Crippen molar-refractivity contribution in [3.8, 4) is 11.5 Å². The molecule has 144 valence electrons. The van der Waals surface area contributed by atoms with E-state index in [-0.39, 0.29) is 23.0 Å². The maximum Gasteiger partial charge on any atom is 0.308 e. The van der Waals surface area contributed by atoms with E-state index in [2.05, 4.69) is 41.5 Å². The molecule has 0 saturated carbocycles. The molecule has 4 nitrogen and oxygen atoms in total. The predicted molar refractivity (Wildman–Crippen MR) is 108 cm³/mol. The highest BCUT2D eigenvalue weighted by atomic mass is 79.9. The van der Waals surface area contributed by atoms with Crippen molar-refractivity contribution in [3.63, 3.8) is 0 Å². The minimum absolute atomic E-state index is 0. The van der Waals surface area contributed by atoms with Crippen molar-refractivity contribution in [2.75, 3.05) is 7.11 Å². The van der Waals surface area contributed by atoms with Gasteiger partial charge in [0.1, 0.15) is 0 Å². The summed E-state index contributed by atoms with van der Waals surface area (Å²) < 4.78 is 12.7. The first-order valence-electron chi connectivity index (χ1n) is 8.69. The number of ether oxygens (including phenoxy) is 2. The Labute approximate surface area is 175 Å². The van der Waals surface area contributed by atoms with E-state index in [1.165, 1.54) is 12.3 Å². The molecule has 0 bridgehead atoms. The predicted octanol–water partition coefficient (Wildman–Crippen LogP) is 1.42. The van der Waals surface area contributed by atoms with Crippen LogP contribution < -0.4 is 31.0 Å². The fourth-order valence-electron chi connectivity index (χ4n) is 2.97. The number of rotatable bonds is 6. The lowest BCUT2D eigenvalue weighted by Crippen LogP contribution is -3.00. The number of carbonyl (C=O) groups is 1. The summed E-state index contributed by atoms with van der Waals surface area (Å²) in [6, 6.07) is 17.9. The molecule has 0 N–H and O–H groups in total. The van der Waals surface area contributed by atoms with Gasteiger partial charge >= 0.3 is 5.97 Å². The number of aromatic nitrogens is 1. The van der Waals surface area contributed by atoms with Crippen molar-refractivity contribution in [1.29, 1.82) is 0 Å². The molecule has 0 atom stereocenters. The van der Waals surface area contributed by atoms with Crippen LogP contribution in [-0.4, -0.2) is 13.1 Å². The lowest BCUT2D eigenvalue weighted by molar-refractivity contribution is -0.662. The number of para-hydroxylation sites is 1. The van der Waals surface area contributed by atoms with E-state index < -0.39 is 0 Å². The third-order valence-electron chi connectivity index (χ3n) is 4.17. The number of methoxy groups -OCH3 is 1. The second kappa shape index (κ2) is 9.85. The van der Waals surface area contributed by atoms with Crippen LogP contribution in [0.3, 0.4) is 0 Å². The minimum atomic E-state index is -0.377. The van der Waals surface area contributed by atoms with Gasteiger partial charge in [-0.2, -0.15) is 4.57 Å². The first kappa shape index (κ1) is 21.4. The Morgan fingerprint density at radius 2 is 1.86 bits per heavy atom. The van der Waals surface area contributed by atoms with Crippen LogP contribution in [0.2, 0.25) is 0 Å². The van der Waals surface area contributed by atoms with E-state index in [4.69, 9.17) is 9.47 Å². The number of nitrogens with zero attached hydrogens (tertiary/aromatic N) is 1. The zero-order valence-corrected chi connectivity index (χ0v) is 17.5. The van der Waals surface area contributed by atoms with Crippen LogP contribution in [0.25, 0.3) is 23.1 Å². The second-order valence-corrected chi connectivity index (χ2v) is 6.05. The molecule has 2 aromatic carbocycles. The fourth-order valence-corrected chi connectivity index (χ4v) is 2.97. The molecule has 0 unspecified atom stereocenters. The number of esters is 1. The Bertz CT molecular complexity index is 1030. The summed E-state index contributed by atoms with van der Waals surface area (Å²) in [5.41, 5.74) is 3.17. The van der Waals surface area contributed by atoms with E-state index >= 15 is 0 Å². The smallest absolute Gasteiger partial charge is 0.308 e. The highest BCUT2D eigenvalue weighted by molar-refractivity contribution is 5.77. The number of halogens is 1. The zero-order valence-electron chi connectivity index (χ0n) is 15.9. The average Bonchev–Trinajstić information content (AvgIpc) is 2.68. The molecule has 0 saturated heterocycles. The first-order chi connectivity index (χ1) is 13.1. The number of pyridine rings is 1. The third-order valence-corrected chi connectivity index (χ3v) is 4.17. The number of allylic oxidation sites excluding steroid dienone is 1. The molecule has 0 aliphatic heterocycles. The Balaban J connectivity index is 0.00000280. The summed E-state index contributed by atoms with van der Waals surface area (Å²) in [4.78, 5) is 11.2. The van der Waals surface area contributed by atoms with Crippen molar-refractivity contribution in [2.45, 2.75) is 13.5 Å². The summed E-state index contributed by atoms with van der Waals surface area (Å²) >= 11 is 0. The molecule has 0 fully saturated rings. The lowest BCUT2D eigenvalue weighted by atomic mass is 10.1. The third kappa shape index (κ3) is 4.87. The number of hydrogen-bond acceptors (Lipinski definition) is 3. The van der Waals surface area contributed by atoms with Gasteiger partial charge in [-0.1, -0.05) is 24.8 Å². The molecule has 1 heterocycles. The first-order valence-corrected chi connectivity index (χ1v) is 8.69. The summed E-state index contributed by atoms with van der Waals surface area (Å²) in [7, 11) is 1.55. The molecular formula is C23H22BrNO3. The summed E-state index contributed by atoms with van der Waals surface area (Å²) in [6.45, 7) is 5.96. The van der Waals surface area contributed by atoms with Crippen molar-refractivity contribution >= 4 is 29.0 Å². The van der Waals surface area contributed by atoms with Crippen LogP contribution in [0.15, 0.2) is 67.3 Å². The molecule has 5 heteroatoms. The molecule has 3 aromatic rings. The molecule has 1 aromatic heterocycles. The van der Waals surface area contributed by atoms with Crippen LogP contribution in [0, 0.1) is 0 Å². The van der Waals surface area contributed by atoms with E-state index in [1.807, 2.05) is 36.4 Å². The van der Waals surface area contributed by atoms with Gasteiger partial charge in [0.15, 0.2) is 18.0 Å². The molecule has 0 radical (unpaired) electrons. The number of fused-ring (bicyclic) bond motifs is 1. The van der Waals surface area contributed by atoms with Crippen LogP contribution in [-0.2, 0) is 11.3 Å². The van der Waals surface area contributed by atoms with Gasteiger partial charge in [0.2, 0.25) is 11.2 Å². The van der Waals surface area contributed by atoms with Crippen LogP contribution in [0.5, 0.6) is 11.5 Å². The van der Waals surface area contributed by atoms with Crippen molar-refractivity contribution in [2.24, 2.45) is 0 Å². The number of benzene rings is 2. The van der Waals surface area contributed by atoms with E-state index in [1.54, 1.807) is 13.2 Å². The second-order valence-electron chi connectivity index (χ2n) is 6.05. The fraction of sp³-hybridized carbons (Fsp3) is 0.130. The van der Waals surface area contributed by atoms with Gasteiger partial charge in [-0.05, 0) is 42.0 Å². The molecule has 0 aliphatic carbocycles. The van der Waals surface area contributed by atoms with Gasteiger partial charge in [-0.3, -0.25) is 4.79 Å². The zero-order chi connectivity index (χ0) is 19.2. The van der Waals surface area contributed by atoms with E-state index in [9.17, 15) is 4.79 Å². The molecule has 3 rings (SSSR count).